The first-order chi connectivity index (χ1) is 7.96. The molecule has 0 aromatic heterocycles. The van der Waals surface area contributed by atoms with Crippen LogP contribution in [0.4, 0.5) is 0 Å². The van der Waals surface area contributed by atoms with E-state index in [9.17, 15) is 5.11 Å². The molecule has 5 heteroatoms. The van der Waals surface area contributed by atoms with Crippen molar-refractivity contribution in [3.8, 4) is 11.5 Å². The highest BCUT2D eigenvalue weighted by molar-refractivity contribution is 5.48. The quantitative estimate of drug-likeness (QED) is 0.521. The van der Waals surface area contributed by atoms with Crippen molar-refractivity contribution in [3.63, 3.8) is 0 Å². The third kappa shape index (κ3) is 2.88. The molecule has 0 radical (unpaired) electrons. The zero-order chi connectivity index (χ0) is 13.1. The lowest BCUT2D eigenvalue weighted by Gasteiger charge is -2.26. The van der Waals surface area contributed by atoms with Gasteiger partial charge in [0.25, 0.3) is 0 Å². The van der Waals surface area contributed by atoms with Crippen LogP contribution in [0.2, 0.25) is 0 Å². The van der Waals surface area contributed by atoms with Crippen LogP contribution in [-0.2, 0) is 5.60 Å². The first-order valence-corrected chi connectivity index (χ1v) is 5.35. The Morgan fingerprint density at radius 1 is 1.29 bits per heavy atom. The second-order valence-corrected chi connectivity index (χ2v) is 4.18. The van der Waals surface area contributed by atoms with E-state index in [1.54, 1.807) is 27.2 Å². The SMILES string of the molecule is COc1cc(C(C)(O)CNN)c(OC)cc1C. The maximum Gasteiger partial charge on any atom is 0.125 e. The van der Waals surface area contributed by atoms with Gasteiger partial charge < -0.3 is 14.6 Å². The van der Waals surface area contributed by atoms with Crippen molar-refractivity contribution >= 4 is 0 Å². The highest BCUT2D eigenvalue weighted by atomic mass is 16.5. The number of nitrogens with one attached hydrogen (secondary N) is 1. The largest absolute Gasteiger partial charge is 0.496 e. The molecule has 0 aliphatic rings. The van der Waals surface area contributed by atoms with E-state index < -0.39 is 5.60 Å². The van der Waals surface area contributed by atoms with Gasteiger partial charge in [-0.2, -0.15) is 0 Å². The number of aryl methyl sites for hydroxylation is 1. The van der Waals surface area contributed by atoms with Crippen molar-refractivity contribution in [1.29, 1.82) is 0 Å². The Morgan fingerprint density at radius 2 is 1.88 bits per heavy atom. The molecule has 0 heterocycles. The van der Waals surface area contributed by atoms with Crippen molar-refractivity contribution in [2.45, 2.75) is 19.4 Å². The number of hydrogen-bond donors (Lipinski definition) is 3. The van der Waals surface area contributed by atoms with Crippen LogP contribution in [0.15, 0.2) is 12.1 Å². The summed E-state index contributed by atoms with van der Waals surface area (Å²) < 4.78 is 10.5. The predicted octanol–water partition coefficient (Wildman–Crippen LogP) is 0.683. The van der Waals surface area contributed by atoms with Crippen LogP contribution in [0.3, 0.4) is 0 Å². The Balaban J connectivity index is 3.29. The van der Waals surface area contributed by atoms with Gasteiger partial charge in [-0.15, -0.1) is 0 Å². The molecule has 5 nitrogen and oxygen atoms in total. The summed E-state index contributed by atoms with van der Waals surface area (Å²) in [5, 5.41) is 10.3. The molecule has 96 valence electrons. The second kappa shape index (κ2) is 5.35. The summed E-state index contributed by atoms with van der Waals surface area (Å²) in [5.41, 5.74) is 2.93. The van der Waals surface area contributed by atoms with Crippen LogP contribution in [0.25, 0.3) is 0 Å². The van der Waals surface area contributed by atoms with E-state index >= 15 is 0 Å². The molecule has 0 aliphatic carbocycles. The average molecular weight is 240 g/mol. The van der Waals surface area contributed by atoms with Crippen LogP contribution in [0.5, 0.6) is 11.5 Å². The molecule has 1 rings (SSSR count). The monoisotopic (exact) mass is 240 g/mol. The zero-order valence-electron chi connectivity index (χ0n) is 10.7. The van der Waals surface area contributed by atoms with E-state index in [0.29, 0.717) is 17.1 Å². The number of benzene rings is 1. The third-order valence-electron chi connectivity index (χ3n) is 2.74. The summed E-state index contributed by atoms with van der Waals surface area (Å²) in [5.74, 6) is 6.58. The first kappa shape index (κ1) is 13.8. The number of hydrogen-bond acceptors (Lipinski definition) is 5. The van der Waals surface area contributed by atoms with Gasteiger partial charge in [0.05, 0.1) is 14.2 Å². The normalized spacial score (nSPS) is 14.2. The lowest BCUT2D eigenvalue weighted by molar-refractivity contribution is 0.0544. The molecule has 0 amide bonds. The Labute approximate surface area is 102 Å². The minimum Gasteiger partial charge on any atom is -0.496 e. The van der Waals surface area contributed by atoms with Gasteiger partial charge in [-0.25, -0.2) is 0 Å². The molecule has 0 bridgehead atoms. The second-order valence-electron chi connectivity index (χ2n) is 4.18. The molecule has 4 N–H and O–H groups in total. The highest BCUT2D eigenvalue weighted by Gasteiger charge is 2.27. The van der Waals surface area contributed by atoms with E-state index in [4.69, 9.17) is 15.3 Å². The average Bonchev–Trinajstić information content (AvgIpc) is 2.28. The summed E-state index contributed by atoms with van der Waals surface area (Å²) in [7, 11) is 3.16. The molecule has 17 heavy (non-hydrogen) atoms. The molecule has 1 unspecified atom stereocenters. The summed E-state index contributed by atoms with van der Waals surface area (Å²) in [4.78, 5) is 0. The van der Waals surface area contributed by atoms with Gasteiger partial charge >= 0.3 is 0 Å². The zero-order valence-corrected chi connectivity index (χ0v) is 10.7. The van der Waals surface area contributed by atoms with Gasteiger partial charge in [-0.3, -0.25) is 11.3 Å². The third-order valence-corrected chi connectivity index (χ3v) is 2.74. The van der Waals surface area contributed by atoms with Crippen molar-refractivity contribution in [2.24, 2.45) is 5.84 Å². The lowest BCUT2D eigenvalue weighted by atomic mass is 9.93. The molecule has 0 fully saturated rings. The fourth-order valence-corrected chi connectivity index (χ4v) is 1.77. The van der Waals surface area contributed by atoms with Gasteiger partial charge in [0.1, 0.15) is 17.1 Å². The van der Waals surface area contributed by atoms with Crippen molar-refractivity contribution in [1.82, 2.24) is 5.43 Å². The van der Waals surface area contributed by atoms with E-state index in [0.717, 1.165) is 5.56 Å². The minimum atomic E-state index is -1.12. The molecule has 0 saturated heterocycles. The summed E-state index contributed by atoms with van der Waals surface area (Å²) >= 11 is 0. The molecular weight excluding hydrogens is 220 g/mol. The predicted molar refractivity (Wildman–Crippen MR) is 66.0 cm³/mol. The molecule has 1 atom stereocenters. The first-order valence-electron chi connectivity index (χ1n) is 5.35. The van der Waals surface area contributed by atoms with Gasteiger partial charge in [-0.05, 0) is 31.5 Å². The number of methoxy groups -OCH3 is 2. The van der Waals surface area contributed by atoms with Crippen LogP contribution in [-0.4, -0.2) is 25.9 Å². The molecule has 1 aromatic rings. The maximum absolute atomic E-state index is 10.3. The summed E-state index contributed by atoms with van der Waals surface area (Å²) in [6.45, 7) is 3.80. The number of aliphatic hydroxyl groups is 1. The molecule has 0 saturated carbocycles. The van der Waals surface area contributed by atoms with E-state index in [-0.39, 0.29) is 6.54 Å². The Kier molecular flexibility index (Phi) is 4.34. The maximum atomic E-state index is 10.3. The Morgan fingerprint density at radius 3 is 2.35 bits per heavy atom. The van der Waals surface area contributed by atoms with Gasteiger partial charge in [0, 0.05) is 12.1 Å². The Bertz CT molecular complexity index is 392. The topological polar surface area (TPSA) is 76.7 Å². The van der Waals surface area contributed by atoms with Crippen LogP contribution < -0.4 is 20.7 Å². The van der Waals surface area contributed by atoms with Gasteiger partial charge in [0.15, 0.2) is 0 Å². The summed E-state index contributed by atoms with van der Waals surface area (Å²) in [6.07, 6.45) is 0. The number of ether oxygens (including phenoxy) is 2. The van der Waals surface area contributed by atoms with Gasteiger partial charge in [0.2, 0.25) is 0 Å². The summed E-state index contributed by atoms with van der Waals surface area (Å²) in [6, 6.07) is 3.60. The number of nitrogens with two attached hydrogens (primary N) is 1. The van der Waals surface area contributed by atoms with E-state index in [2.05, 4.69) is 5.43 Å². The minimum absolute atomic E-state index is 0.218. The molecular formula is C12H20N2O3. The van der Waals surface area contributed by atoms with E-state index in [1.165, 1.54) is 0 Å². The van der Waals surface area contributed by atoms with Gasteiger partial charge in [-0.1, -0.05) is 0 Å². The smallest absolute Gasteiger partial charge is 0.125 e. The Hall–Kier alpha value is -1.30. The highest BCUT2D eigenvalue weighted by Crippen LogP contribution is 2.35. The van der Waals surface area contributed by atoms with Crippen molar-refractivity contribution in [3.05, 3.63) is 23.3 Å². The van der Waals surface area contributed by atoms with Crippen LogP contribution in [0.1, 0.15) is 18.1 Å². The lowest BCUT2D eigenvalue weighted by Crippen LogP contribution is -2.39. The molecule has 0 aliphatic heterocycles. The molecule has 1 aromatic carbocycles. The van der Waals surface area contributed by atoms with E-state index in [1.807, 2.05) is 13.0 Å². The molecule has 0 spiro atoms. The standard InChI is InChI=1S/C12H20N2O3/c1-8-5-11(17-4)9(6-10(8)16-3)12(2,15)7-14-13/h5-6,14-15H,7,13H2,1-4H3. The number of hydrazine groups is 1. The van der Waals surface area contributed by atoms with Crippen LogP contribution >= 0.6 is 0 Å². The van der Waals surface area contributed by atoms with Crippen molar-refractivity contribution in [2.75, 3.05) is 20.8 Å². The van der Waals surface area contributed by atoms with Crippen molar-refractivity contribution < 1.29 is 14.6 Å². The fraction of sp³-hybridized carbons (Fsp3) is 0.500. The fourth-order valence-electron chi connectivity index (χ4n) is 1.77. The number of rotatable bonds is 5. The van der Waals surface area contributed by atoms with Crippen LogP contribution in [0, 0.1) is 6.92 Å².